The summed E-state index contributed by atoms with van der Waals surface area (Å²) in [4.78, 5) is 14.8. The van der Waals surface area contributed by atoms with Crippen molar-refractivity contribution in [2.24, 2.45) is 5.73 Å². The van der Waals surface area contributed by atoms with Crippen molar-refractivity contribution in [3.05, 3.63) is 22.4 Å². The standard InChI is InChI=1S/C12H20N2O3S/c1-16-7-5-14(6-8-17-2)12(15)11(13)10-4-3-9-18-10/h3-4,9,11H,5-8,13H2,1-2H3. The number of rotatable bonds is 8. The van der Waals surface area contributed by atoms with E-state index >= 15 is 0 Å². The number of hydrogen-bond donors (Lipinski definition) is 1. The first-order valence-corrected chi connectivity index (χ1v) is 6.64. The average Bonchev–Trinajstić information content (AvgIpc) is 2.91. The Morgan fingerprint density at radius 2 is 2.00 bits per heavy atom. The summed E-state index contributed by atoms with van der Waals surface area (Å²) >= 11 is 1.49. The third-order valence-electron chi connectivity index (χ3n) is 2.56. The fourth-order valence-corrected chi connectivity index (χ4v) is 2.24. The number of thiophene rings is 1. The van der Waals surface area contributed by atoms with Crippen LogP contribution in [0.4, 0.5) is 0 Å². The molecule has 0 spiro atoms. The largest absolute Gasteiger partial charge is 0.383 e. The van der Waals surface area contributed by atoms with E-state index in [2.05, 4.69) is 0 Å². The van der Waals surface area contributed by atoms with Gasteiger partial charge in [-0.3, -0.25) is 4.79 Å². The highest BCUT2D eigenvalue weighted by molar-refractivity contribution is 7.10. The quantitative estimate of drug-likeness (QED) is 0.762. The first-order valence-electron chi connectivity index (χ1n) is 5.76. The van der Waals surface area contributed by atoms with E-state index in [4.69, 9.17) is 15.2 Å². The number of methoxy groups -OCH3 is 2. The Bertz CT molecular complexity index is 335. The Morgan fingerprint density at radius 3 is 2.44 bits per heavy atom. The SMILES string of the molecule is COCCN(CCOC)C(=O)C(N)c1cccs1. The van der Waals surface area contributed by atoms with Crippen LogP contribution in [-0.2, 0) is 14.3 Å². The normalized spacial score (nSPS) is 12.4. The summed E-state index contributed by atoms with van der Waals surface area (Å²) in [5, 5.41) is 1.91. The van der Waals surface area contributed by atoms with Gasteiger partial charge in [-0.1, -0.05) is 6.07 Å². The molecule has 0 aromatic carbocycles. The van der Waals surface area contributed by atoms with Crippen molar-refractivity contribution in [3.63, 3.8) is 0 Å². The highest BCUT2D eigenvalue weighted by atomic mass is 32.1. The molecule has 18 heavy (non-hydrogen) atoms. The predicted molar refractivity (Wildman–Crippen MR) is 71.6 cm³/mol. The Hall–Kier alpha value is -0.950. The Kier molecular flexibility index (Phi) is 6.89. The second-order valence-electron chi connectivity index (χ2n) is 3.80. The third-order valence-corrected chi connectivity index (χ3v) is 3.51. The van der Waals surface area contributed by atoms with Crippen LogP contribution in [0.15, 0.2) is 17.5 Å². The fraction of sp³-hybridized carbons (Fsp3) is 0.583. The highest BCUT2D eigenvalue weighted by Gasteiger charge is 2.22. The van der Waals surface area contributed by atoms with Gasteiger partial charge in [-0.2, -0.15) is 0 Å². The van der Waals surface area contributed by atoms with Crippen LogP contribution in [0.3, 0.4) is 0 Å². The van der Waals surface area contributed by atoms with Crippen LogP contribution in [0.1, 0.15) is 10.9 Å². The topological polar surface area (TPSA) is 64.8 Å². The number of nitrogens with zero attached hydrogens (tertiary/aromatic N) is 1. The molecule has 0 aliphatic carbocycles. The maximum absolute atomic E-state index is 12.2. The number of amides is 1. The van der Waals surface area contributed by atoms with E-state index in [0.717, 1.165) is 4.88 Å². The molecule has 1 heterocycles. The molecule has 1 aromatic heterocycles. The van der Waals surface area contributed by atoms with Gasteiger partial charge in [0.25, 0.3) is 0 Å². The number of hydrogen-bond acceptors (Lipinski definition) is 5. The molecule has 0 aliphatic rings. The van der Waals surface area contributed by atoms with Gasteiger partial charge in [0.05, 0.1) is 13.2 Å². The van der Waals surface area contributed by atoms with E-state index in [1.807, 2.05) is 17.5 Å². The molecular formula is C12H20N2O3S. The van der Waals surface area contributed by atoms with Gasteiger partial charge in [-0.15, -0.1) is 11.3 Å². The molecule has 1 aromatic rings. The van der Waals surface area contributed by atoms with Crippen LogP contribution < -0.4 is 5.73 Å². The summed E-state index contributed by atoms with van der Waals surface area (Å²) in [5.74, 6) is -0.0912. The van der Waals surface area contributed by atoms with Gasteiger partial charge in [0.2, 0.25) is 5.91 Å². The van der Waals surface area contributed by atoms with Gasteiger partial charge in [0, 0.05) is 32.2 Å². The molecule has 5 nitrogen and oxygen atoms in total. The lowest BCUT2D eigenvalue weighted by Crippen LogP contribution is -2.41. The van der Waals surface area contributed by atoms with Gasteiger partial charge in [0.15, 0.2) is 0 Å². The second-order valence-corrected chi connectivity index (χ2v) is 4.78. The van der Waals surface area contributed by atoms with Crippen molar-refractivity contribution in [2.75, 3.05) is 40.5 Å². The predicted octanol–water partition coefficient (Wildman–Crippen LogP) is 0.869. The molecule has 0 aliphatic heterocycles. The Morgan fingerprint density at radius 1 is 1.39 bits per heavy atom. The molecule has 1 amide bonds. The molecule has 0 radical (unpaired) electrons. The molecule has 1 rings (SSSR count). The zero-order valence-corrected chi connectivity index (χ0v) is 11.6. The first-order chi connectivity index (χ1) is 8.70. The second kappa shape index (κ2) is 8.20. The number of ether oxygens (including phenoxy) is 2. The fourth-order valence-electron chi connectivity index (χ4n) is 1.52. The summed E-state index contributed by atoms with van der Waals surface area (Å²) in [6.45, 7) is 2.04. The highest BCUT2D eigenvalue weighted by Crippen LogP contribution is 2.18. The van der Waals surface area contributed by atoms with Crippen LogP contribution in [0.2, 0.25) is 0 Å². The van der Waals surface area contributed by atoms with Crippen LogP contribution in [0, 0.1) is 0 Å². The molecule has 0 saturated heterocycles. The summed E-state index contributed by atoms with van der Waals surface area (Å²) in [5.41, 5.74) is 5.96. The zero-order valence-electron chi connectivity index (χ0n) is 10.8. The lowest BCUT2D eigenvalue weighted by atomic mass is 10.2. The zero-order chi connectivity index (χ0) is 13.4. The van der Waals surface area contributed by atoms with Crippen molar-refractivity contribution in [3.8, 4) is 0 Å². The summed E-state index contributed by atoms with van der Waals surface area (Å²) in [6.07, 6.45) is 0. The molecule has 0 bridgehead atoms. The van der Waals surface area contributed by atoms with E-state index in [9.17, 15) is 4.79 Å². The summed E-state index contributed by atoms with van der Waals surface area (Å²) in [6, 6.07) is 3.17. The molecular weight excluding hydrogens is 252 g/mol. The minimum absolute atomic E-state index is 0.0912. The third kappa shape index (κ3) is 4.38. The van der Waals surface area contributed by atoms with E-state index in [0.29, 0.717) is 26.3 Å². The van der Waals surface area contributed by atoms with Gasteiger partial charge in [-0.05, 0) is 11.4 Å². The smallest absolute Gasteiger partial charge is 0.245 e. The molecule has 102 valence electrons. The van der Waals surface area contributed by atoms with E-state index in [1.54, 1.807) is 19.1 Å². The average molecular weight is 272 g/mol. The van der Waals surface area contributed by atoms with Crippen LogP contribution in [0.5, 0.6) is 0 Å². The number of carbonyl (C=O) groups excluding carboxylic acids is 1. The molecule has 2 N–H and O–H groups in total. The van der Waals surface area contributed by atoms with E-state index in [-0.39, 0.29) is 5.91 Å². The lowest BCUT2D eigenvalue weighted by Gasteiger charge is -2.24. The van der Waals surface area contributed by atoms with Crippen molar-refractivity contribution in [2.45, 2.75) is 6.04 Å². The molecule has 6 heteroatoms. The maximum atomic E-state index is 12.2. The molecule has 1 atom stereocenters. The van der Waals surface area contributed by atoms with Gasteiger partial charge < -0.3 is 20.1 Å². The molecule has 0 saturated carbocycles. The van der Waals surface area contributed by atoms with E-state index < -0.39 is 6.04 Å². The summed E-state index contributed by atoms with van der Waals surface area (Å²) in [7, 11) is 3.22. The van der Waals surface area contributed by atoms with Crippen molar-refractivity contribution < 1.29 is 14.3 Å². The number of carbonyl (C=O) groups is 1. The monoisotopic (exact) mass is 272 g/mol. The van der Waals surface area contributed by atoms with Gasteiger partial charge in [0.1, 0.15) is 6.04 Å². The summed E-state index contributed by atoms with van der Waals surface area (Å²) < 4.78 is 10.00. The number of nitrogens with two attached hydrogens (primary N) is 1. The van der Waals surface area contributed by atoms with Crippen molar-refractivity contribution in [1.82, 2.24) is 4.90 Å². The lowest BCUT2D eigenvalue weighted by molar-refractivity contribution is -0.134. The Labute approximate surface area is 111 Å². The molecule has 1 unspecified atom stereocenters. The van der Waals surface area contributed by atoms with Crippen LogP contribution in [-0.4, -0.2) is 51.3 Å². The van der Waals surface area contributed by atoms with Crippen LogP contribution >= 0.6 is 11.3 Å². The van der Waals surface area contributed by atoms with Crippen molar-refractivity contribution >= 4 is 17.2 Å². The van der Waals surface area contributed by atoms with Crippen molar-refractivity contribution in [1.29, 1.82) is 0 Å². The van der Waals surface area contributed by atoms with E-state index in [1.165, 1.54) is 11.3 Å². The first kappa shape index (κ1) is 15.1. The maximum Gasteiger partial charge on any atom is 0.245 e. The Balaban J connectivity index is 2.62. The van der Waals surface area contributed by atoms with Gasteiger partial charge >= 0.3 is 0 Å². The van der Waals surface area contributed by atoms with Gasteiger partial charge in [-0.25, -0.2) is 0 Å². The van der Waals surface area contributed by atoms with Crippen LogP contribution in [0.25, 0.3) is 0 Å². The minimum Gasteiger partial charge on any atom is -0.383 e. The minimum atomic E-state index is -0.598. The molecule has 0 fully saturated rings.